The van der Waals surface area contributed by atoms with Gasteiger partial charge in [-0.15, -0.1) is 11.3 Å². The first kappa shape index (κ1) is 22.9. The molecule has 33 heavy (non-hydrogen) atoms. The number of carbonyl (C=O) groups is 2. The smallest absolute Gasteiger partial charge is 0.341 e. The Kier molecular flexibility index (Phi) is 6.99. The highest BCUT2D eigenvalue weighted by atomic mass is 32.1. The van der Waals surface area contributed by atoms with Gasteiger partial charge >= 0.3 is 5.97 Å². The second-order valence-corrected chi connectivity index (χ2v) is 8.91. The fourth-order valence-corrected chi connectivity index (χ4v) is 5.57. The number of thiophene rings is 1. The first-order valence-corrected chi connectivity index (χ1v) is 11.8. The highest BCUT2D eigenvalue weighted by Crippen LogP contribution is 2.43. The average molecular weight is 466 g/mol. The zero-order chi connectivity index (χ0) is 23.4. The molecule has 3 aromatic rings. The third-order valence-corrected chi connectivity index (χ3v) is 7.06. The van der Waals surface area contributed by atoms with Crippen LogP contribution in [-0.2, 0) is 17.6 Å². The maximum absolute atomic E-state index is 13.1. The number of carbonyl (C=O) groups excluding carboxylic acids is 2. The predicted octanol–water partition coefficient (Wildman–Crippen LogP) is 5.47. The van der Waals surface area contributed by atoms with Gasteiger partial charge < -0.3 is 19.5 Å². The molecule has 1 amide bonds. The van der Waals surface area contributed by atoms with Gasteiger partial charge in [-0.25, -0.2) is 4.79 Å². The molecule has 1 unspecified atom stereocenters. The number of rotatable bonds is 7. The summed E-state index contributed by atoms with van der Waals surface area (Å²) in [6, 6.07) is 15.4. The molecular formula is C26H27NO5S. The summed E-state index contributed by atoms with van der Waals surface area (Å²) in [6.45, 7) is 2.06. The molecule has 172 valence electrons. The minimum atomic E-state index is -0.393. The molecule has 1 atom stereocenters. The molecule has 6 nitrogen and oxygen atoms in total. The molecule has 1 aliphatic rings. The van der Waals surface area contributed by atoms with Gasteiger partial charge in [0.2, 0.25) is 0 Å². The van der Waals surface area contributed by atoms with Crippen LogP contribution in [0.3, 0.4) is 0 Å². The van der Waals surface area contributed by atoms with Crippen LogP contribution in [0.1, 0.15) is 56.0 Å². The van der Waals surface area contributed by atoms with E-state index in [9.17, 15) is 9.59 Å². The van der Waals surface area contributed by atoms with Gasteiger partial charge in [0.25, 0.3) is 5.91 Å². The molecule has 7 heteroatoms. The zero-order valence-corrected chi connectivity index (χ0v) is 19.8. The quantitative estimate of drug-likeness (QED) is 0.469. The Morgan fingerprint density at radius 2 is 1.82 bits per heavy atom. The zero-order valence-electron chi connectivity index (χ0n) is 19.0. The number of hydrogen-bond acceptors (Lipinski definition) is 6. The van der Waals surface area contributed by atoms with E-state index in [0.717, 1.165) is 29.7 Å². The van der Waals surface area contributed by atoms with E-state index in [1.54, 1.807) is 32.2 Å². The van der Waals surface area contributed by atoms with E-state index in [2.05, 4.69) is 29.6 Å². The summed E-state index contributed by atoms with van der Waals surface area (Å²) in [5.74, 6) is 0.684. The molecule has 0 saturated heterocycles. The molecule has 1 N–H and O–H groups in total. The third kappa shape index (κ3) is 4.73. The van der Waals surface area contributed by atoms with E-state index < -0.39 is 5.97 Å². The van der Waals surface area contributed by atoms with Gasteiger partial charge in [0.15, 0.2) is 11.5 Å². The van der Waals surface area contributed by atoms with Crippen molar-refractivity contribution in [2.45, 2.75) is 32.1 Å². The molecule has 2 aromatic carbocycles. The third-order valence-electron chi connectivity index (χ3n) is 5.89. The monoisotopic (exact) mass is 465 g/mol. The molecule has 0 saturated carbocycles. The lowest BCUT2D eigenvalue weighted by molar-refractivity contribution is 0.0526. The van der Waals surface area contributed by atoms with E-state index in [1.165, 1.54) is 24.0 Å². The highest BCUT2D eigenvalue weighted by Gasteiger charge is 2.31. The number of esters is 1. The molecular weight excluding hydrogens is 438 g/mol. The standard InChI is InChI=1S/C26H27NO5S/c1-4-32-26(29)23-19-12-10-17(16-8-6-5-7-9-16)15-22(19)33-25(23)27-24(28)18-11-13-20(30-2)21(14-18)31-3/h5-9,11,13-14,17H,4,10,12,15H2,1-3H3,(H,27,28). The van der Waals surface area contributed by atoms with Crippen molar-refractivity contribution >= 4 is 28.2 Å². The Balaban J connectivity index is 1.65. The summed E-state index contributed by atoms with van der Waals surface area (Å²) in [5, 5.41) is 3.48. The number of nitrogens with one attached hydrogen (secondary N) is 1. The fourth-order valence-electron chi connectivity index (χ4n) is 4.26. The summed E-state index contributed by atoms with van der Waals surface area (Å²) >= 11 is 1.47. The molecule has 0 radical (unpaired) electrons. The maximum Gasteiger partial charge on any atom is 0.341 e. The summed E-state index contributed by atoms with van der Waals surface area (Å²) < 4.78 is 15.9. The normalized spacial score (nSPS) is 14.8. The van der Waals surface area contributed by atoms with E-state index in [0.29, 0.717) is 33.5 Å². The van der Waals surface area contributed by atoms with Crippen molar-refractivity contribution in [2.75, 3.05) is 26.1 Å². The van der Waals surface area contributed by atoms with Gasteiger partial charge in [0.1, 0.15) is 5.00 Å². The SMILES string of the molecule is CCOC(=O)c1c(NC(=O)c2ccc(OC)c(OC)c2)sc2c1CCC(c1ccccc1)C2. The van der Waals surface area contributed by atoms with Crippen molar-refractivity contribution in [3.05, 3.63) is 75.7 Å². The minimum absolute atomic E-state index is 0.277. The van der Waals surface area contributed by atoms with E-state index in [4.69, 9.17) is 14.2 Å². The first-order valence-electron chi connectivity index (χ1n) is 11.0. The highest BCUT2D eigenvalue weighted by molar-refractivity contribution is 7.17. The van der Waals surface area contributed by atoms with E-state index in [1.807, 2.05) is 6.07 Å². The Bertz CT molecular complexity index is 1150. The van der Waals surface area contributed by atoms with Crippen LogP contribution in [0, 0.1) is 0 Å². The van der Waals surface area contributed by atoms with Crippen LogP contribution in [0.15, 0.2) is 48.5 Å². The van der Waals surface area contributed by atoms with Gasteiger partial charge in [0, 0.05) is 10.4 Å². The number of methoxy groups -OCH3 is 2. The van der Waals surface area contributed by atoms with Crippen molar-refractivity contribution < 1.29 is 23.8 Å². The van der Waals surface area contributed by atoms with Crippen LogP contribution in [0.2, 0.25) is 0 Å². The number of benzene rings is 2. The molecule has 1 heterocycles. The predicted molar refractivity (Wildman–Crippen MR) is 129 cm³/mol. The van der Waals surface area contributed by atoms with Crippen LogP contribution in [0.25, 0.3) is 0 Å². The number of amides is 1. The van der Waals surface area contributed by atoms with Gasteiger partial charge in [-0.3, -0.25) is 4.79 Å². The number of fused-ring (bicyclic) bond motifs is 1. The van der Waals surface area contributed by atoms with Crippen LogP contribution < -0.4 is 14.8 Å². The van der Waals surface area contributed by atoms with Crippen LogP contribution in [0.4, 0.5) is 5.00 Å². The number of ether oxygens (including phenoxy) is 3. The molecule has 0 fully saturated rings. The van der Waals surface area contributed by atoms with Crippen molar-refractivity contribution in [1.82, 2.24) is 0 Å². The van der Waals surface area contributed by atoms with Crippen LogP contribution >= 0.6 is 11.3 Å². The van der Waals surface area contributed by atoms with Crippen LogP contribution in [0.5, 0.6) is 11.5 Å². The Morgan fingerprint density at radius 1 is 1.06 bits per heavy atom. The number of hydrogen-bond donors (Lipinski definition) is 1. The topological polar surface area (TPSA) is 73.9 Å². The molecule has 1 aromatic heterocycles. The Morgan fingerprint density at radius 3 is 2.52 bits per heavy atom. The lowest BCUT2D eigenvalue weighted by atomic mass is 9.83. The van der Waals surface area contributed by atoms with Crippen molar-refractivity contribution in [3.63, 3.8) is 0 Å². The van der Waals surface area contributed by atoms with Crippen molar-refractivity contribution in [2.24, 2.45) is 0 Å². The molecule has 0 bridgehead atoms. The lowest BCUT2D eigenvalue weighted by Gasteiger charge is -2.23. The average Bonchev–Trinajstić information content (AvgIpc) is 3.21. The van der Waals surface area contributed by atoms with Gasteiger partial charge in [-0.05, 0) is 61.4 Å². The summed E-state index contributed by atoms with van der Waals surface area (Å²) in [5.41, 5.74) is 3.19. The van der Waals surface area contributed by atoms with Gasteiger partial charge in [0.05, 0.1) is 26.4 Å². The number of anilines is 1. The van der Waals surface area contributed by atoms with Crippen LogP contribution in [-0.4, -0.2) is 32.7 Å². The lowest BCUT2D eigenvalue weighted by Crippen LogP contribution is -2.17. The van der Waals surface area contributed by atoms with Gasteiger partial charge in [-0.2, -0.15) is 0 Å². The molecule has 0 spiro atoms. The maximum atomic E-state index is 13.1. The van der Waals surface area contributed by atoms with Gasteiger partial charge in [-0.1, -0.05) is 30.3 Å². The summed E-state index contributed by atoms with van der Waals surface area (Å²) in [6.07, 6.45) is 2.55. The second-order valence-electron chi connectivity index (χ2n) is 7.80. The summed E-state index contributed by atoms with van der Waals surface area (Å²) in [7, 11) is 3.07. The van der Waals surface area contributed by atoms with Crippen molar-refractivity contribution in [3.8, 4) is 11.5 Å². The molecule has 0 aliphatic heterocycles. The van der Waals surface area contributed by atoms with E-state index >= 15 is 0 Å². The minimum Gasteiger partial charge on any atom is -0.493 e. The second kappa shape index (κ2) is 10.1. The van der Waals surface area contributed by atoms with E-state index in [-0.39, 0.29) is 12.5 Å². The Hall–Kier alpha value is -3.32. The Labute approximate surface area is 197 Å². The fraction of sp³-hybridized carbons (Fsp3) is 0.308. The first-order chi connectivity index (χ1) is 16.0. The largest absolute Gasteiger partial charge is 0.493 e. The van der Waals surface area contributed by atoms with Crippen molar-refractivity contribution in [1.29, 1.82) is 0 Å². The molecule has 1 aliphatic carbocycles. The molecule has 4 rings (SSSR count). The summed E-state index contributed by atoms with van der Waals surface area (Å²) in [4.78, 5) is 27.0.